The highest BCUT2D eigenvalue weighted by atomic mass is 19.1. The van der Waals surface area contributed by atoms with E-state index in [2.05, 4.69) is 29.1 Å². The van der Waals surface area contributed by atoms with Crippen LogP contribution in [0, 0.1) is 23.5 Å². The zero-order valence-corrected chi connectivity index (χ0v) is 16.2. The van der Waals surface area contributed by atoms with Crippen LogP contribution in [0.3, 0.4) is 0 Å². The summed E-state index contributed by atoms with van der Waals surface area (Å²) in [5, 5.41) is 6.25. The Hall–Kier alpha value is -2.67. The fourth-order valence-electron chi connectivity index (χ4n) is 3.41. The first-order valence-corrected chi connectivity index (χ1v) is 9.46. The molecule has 3 rings (SSSR count). The van der Waals surface area contributed by atoms with Crippen LogP contribution < -0.4 is 22.1 Å². The van der Waals surface area contributed by atoms with Crippen LogP contribution in [-0.2, 0) is 0 Å². The van der Waals surface area contributed by atoms with Gasteiger partial charge in [-0.1, -0.05) is 13.5 Å². The molecule has 0 amide bonds. The predicted molar refractivity (Wildman–Crippen MR) is 110 cm³/mol. The number of nitrogens with two attached hydrogens (primary N) is 2. The Morgan fingerprint density at radius 3 is 2.36 bits per heavy atom. The molecule has 28 heavy (non-hydrogen) atoms. The lowest BCUT2D eigenvalue weighted by atomic mass is 9.92. The van der Waals surface area contributed by atoms with Gasteiger partial charge in [-0.3, -0.25) is 0 Å². The van der Waals surface area contributed by atoms with E-state index in [1.807, 2.05) is 6.92 Å². The molecule has 6 N–H and O–H groups in total. The van der Waals surface area contributed by atoms with Crippen molar-refractivity contribution >= 4 is 23.0 Å². The van der Waals surface area contributed by atoms with Gasteiger partial charge in [0.25, 0.3) is 0 Å². The molecular weight excluding hydrogens is 360 g/mol. The fourth-order valence-corrected chi connectivity index (χ4v) is 3.41. The maximum atomic E-state index is 14.7. The number of nitrogens with zero attached hydrogens (tertiary/aromatic N) is 1. The average Bonchev–Trinajstić information content (AvgIpc) is 3.47. The second kappa shape index (κ2) is 8.14. The third kappa shape index (κ3) is 4.59. The van der Waals surface area contributed by atoms with Crippen LogP contribution in [0.4, 0.5) is 26.1 Å². The van der Waals surface area contributed by atoms with Gasteiger partial charge in [0.15, 0.2) is 11.6 Å². The van der Waals surface area contributed by atoms with E-state index in [1.165, 1.54) is 31.0 Å². The van der Waals surface area contributed by atoms with Crippen molar-refractivity contribution in [2.24, 2.45) is 23.3 Å². The third-order valence-corrected chi connectivity index (χ3v) is 5.23. The van der Waals surface area contributed by atoms with Crippen LogP contribution in [0.25, 0.3) is 5.70 Å². The van der Waals surface area contributed by atoms with E-state index in [0.717, 1.165) is 0 Å². The minimum absolute atomic E-state index is 0.101. The van der Waals surface area contributed by atoms with Crippen molar-refractivity contribution in [2.75, 3.05) is 10.6 Å². The number of hydrogen-bond acceptors (Lipinski definition) is 5. The number of benzene rings is 1. The van der Waals surface area contributed by atoms with E-state index >= 15 is 0 Å². The molecule has 0 aliphatic heterocycles. The molecule has 1 aromatic carbocycles. The highest BCUT2D eigenvalue weighted by Gasteiger charge is 2.35. The standard InChI is InChI=1S/C21H27F2N5/c1-11(14-4-5-14)19(13(3)25)27-21-18(23)10-17(12(2)24)20(28-21)26-16-8-6-15(22)7-9-16/h6-11,13-14,19H,2,4-5,24-25H2,1,3H3,(H2,26,27,28)/t11-,13?,19?/m1/s1. The Morgan fingerprint density at radius 2 is 1.82 bits per heavy atom. The van der Waals surface area contributed by atoms with E-state index in [4.69, 9.17) is 11.5 Å². The molecule has 1 heterocycles. The lowest BCUT2D eigenvalue weighted by Crippen LogP contribution is -2.43. The van der Waals surface area contributed by atoms with Crippen molar-refractivity contribution in [3.05, 3.63) is 54.1 Å². The van der Waals surface area contributed by atoms with Crippen LogP contribution in [-0.4, -0.2) is 17.1 Å². The summed E-state index contributed by atoms with van der Waals surface area (Å²) >= 11 is 0. The minimum atomic E-state index is -0.528. The van der Waals surface area contributed by atoms with Gasteiger partial charge in [-0.05, 0) is 61.9 Å². The highest BCUT2D eigenvalue weighted by molar-refractivity contribution is 5.75. The SMILES string of the molecule is C=C(N)c1cc(F)c(NC(C(C)N)[C@H](C)C2CC2)nc1Nc1ccc(F)cc1. The molecule has 2 unspecified atom stereocenters. The van der Waals surface area contributed by atoms with E-state index in [0.29, 0.717) is 28.9 Å². The van der Waals surface area contributed by atoms with Crippen molar-refractivity contribution in [2.45, 2.75) is 38.8 Å². The first-order valence-electron chi connectivity index (χ1n) is 9.46. The van der Waals surface area contributed by atoms with Gasteiger partial charge in [-0.15, -0.1) is 0 Å². The molecule has 7 heteroatoms. The van der Waals surface area contributed by atoms with Crippen LogP contribution >= 0.6 is 0 Å². The van der Waals surface area contributed by atoms with Crippen molar-refractivity contribution in [3.8, 4) is 0 Å². The third-order valence-electron chi connectivity index (χ3n) is 5.23. The van der Waals surface area contributed by atoms with Crippen LogP contribution in [0.5, 0.6) is 0 Å². The second-order valence-corrected chi connectivity index (χ2v) is 7.60. The Labute approximate surface area is 164 Å². The number of halogens is 2. The van der Waals surface area contributed by atoms with Gasteiger partial charge in [0.2, 0.25) is 0 Å². The summed E-state index contributed by atoms with van der Waals surface area (Å²) in [5.41, 5.74) is 13.1. The molecule has 1 aliphatic carbocycles. The summed E-state index contributed by atoms with van der Waals surface area (Å²) in [6, 6.07) is 6.79. The maximum absolute atomic E-state index is 14.7. The van der Waals surface area contributed by atoms with Crippen molar-refractivity contribution < 1.29 is 8.78 Å². The quantitative estimate of drug-likeness (QED) is 0.545. The average molecular weight is 387 g/mol. The Kier molecular flexibility index (Phi) is 5.84. The Bertz CT molecular complexity index is 847. The van der Waals surface area contributed by atoms with Crippen molar-refractivity contribution in [1.29, 1.82) is 0 Å². The molecule has 1 fully saturated rings. The summed E-state index contributed by atoms with van der Waals surface area (Å²) in [6.45, 7) is 7.73. The number of hydrogen-bond donors (Lipinski definition) is 4. The second-order valence-electron chi connectivity index (χ2n) is 7.60. The zero-order chi connectivity index (χ0) is 20.4. The van der Waals surface area contributed by atoms with Crippen LogP contribution in [0.2, 0.25) is 0 Å². The van der Waals surface area contributed by atoms with Crippen molar-refractivity contribution in [3.63, 3.8) is 0 Å². The number of pyridine rings is 1. The van der Waals surface area contributed by atoms with Gasteiger partial charge in [-0.25, -0.2) is 13.8 Å². The molecule has 0 bridgehead atoms. The zero-order valence-electron chi connectivity index (χ0n) is 16.2. The normalized spacial score (nSPS) is 16.9. The molecular formula is C21H27F2N5. The summed E-state index contributed by atoms with van der Waals surface area (Å²) in [6.07, 6.45) is 2.34. The summed E-state index contributed by atoms with van der Waals surface area (Å²) in [7, 11) is 0. The summed E-state index contributed by atoms with van der Waals surface area (Å²) in [5.74, 6) is 0.470. The predicted octanol–water partition coefficient (Wildman–Crippen LogP) is 4.21. The minimum Gasteiger partial charge on any atom is -0.399 e. The van der Waals surface area contributed by atoms with E-state index in [-0.39, 0.29) is 29.4 Å². The van der Waals surface area contributed by atoms with Crippen LogP contribution in [0.1, 0.15) is 32.3 Å². The topological polar surface area (TPSA) is 89.0 Å². The largest absolute Gasteiger partial charge is 0.399 e. The van der Waals surface area contributed by atoms with Crippen LogP contribution in [0.15, 0.2) is 36.9 Å². The van der Waals surface area contributed by atoms with E-state index in [9.17, 15) is 8.78 Å². The van der Waals surface area contributed by atoms with E-state index < -0.39 is 5.82 Å². The Morgan fingerprint density at radius 1 is 1.18 bits per heavy atom. The number of nitrogens with one attached hydrogen (secondary N) is 2. The summed E-state index contributed by atoms with van der Waals surface area (Å²) in [4.78, 5) is 4.41. The van der Waals surface area contributed by atoms with Gasteiger partial charge in [-0.2, -0.15) is 0 Å². The molecule has 3 atom stereocenters. The number of anilines is 3. The lowest BCUT2D eigenvalue weighted by Gasteiger charge is -2.29. The smallest absolute Gasteiger partial charge is 0.166 e. The molecule has 2 aromatic rings. The van der Waals surface area contributed by atoms with Crippen molar-refractivity contribution in [1.82, 2.24) is 4.98 Å². The van der Waals surface area contributed by atoms with Gasteiger partial charge >= 0.3 is 0 Å². The first-order chi connectivity index (χ1) is 13.3. The van der Waals surface area contributed by atoms with E-state index in [1.54, 1.807) is 12.1 Å². The first kappa shape index (κ1) is 20.1. The van der Waals surface area contributed by atoms with Gasteiger partial charge < -0.3 is 22.1 Å². The molecule has 1 aliphatic rings. The molecule has 0 spiro atoms. The highest BCUT2D eigenvalue weighted by Crippen LogP contribution is 2.39. The fraction of sp³-hybridized carbons (Fsp3) is 0.381. The monoisotopic (exact) mass is 387 g/mol. The molecule has 0 saturated heterocycles. The summed E-state index contributed by atoms with van der Waals surface area (Å²) < 4.78 is 27.9. The Balaban J connectivity index is 1.92. The van der Waals surface area contributed by atoms with Gasteiger partial charge in [0.05, 0.1) is 0 Å². The number of rotatable bonds is 8. The maximum Gasteiger partial charge on any atom is 0.166 e. The lowest BCUT2D eigenvalue weighted by molar-refractivity contribution is 0.386. The molecule has 1 saturated carbocycles. The molecule has 150 valence electrons. The molecule has 0 radical (unpaired) electrons. The van der Waals surface area contributed by atoms with Gasteiger partial charge in [0.1, 0.15) is 11.6 Å². The molecule has 5 nitrogen and oxygen atoms in total. The van der Waals surface area contributed by atoms with Gasteiger partial charge in [0, 0.05) is 29.0 Å². The molecule has 1 aromatic heterocycles. The number of aromatic nitrogens is 1.